The van der Waals surface area contributed by atoms with Crippen molar-refractivity contribution in [1.82, 2.24) is 9.88 Å². The predicted octanol–water partition coefficient (Wildman–Crippen LogP) is 2.30. The molecule has 5 heteroatoms. The van der Waals surface area contributed by atoms with Crippen LogP contribution >= 0.6 is 0 Å². The molecule has 2 aliphatic rings. The van der Waals surface area contributed by atoms with Crippen molar-refractivity contribution in [3.8, 4) is 0 Å². The van der Waals surface area contributed by atoms with Gasteiger partial charge in [0.15, 0.2) is 0 Å². The molecule has 1 aromatic rings. The highest BCUT2D eigenvalue weighted by Gasteiger charge is 2.24. The minimum Gasteiger partial charge on any atom is -0.393 e. The highest BCUT2D eigenvalue weighted by Crippen LogP contribution is 2.27. The molecule has 5 nitrogen and oxygen atoms in total. The summed E-state index contributed by atoms with van der Waals surface area (Å²) in [7, 11) is 0. The number of pyridine rings is 1. The molecule has 1 aliphatic carbocycles. The lowest BCUT2D eigenvalue weighted by Crippen LogP contribution is -2.37. The summed E-state index contributed by atoms with van der Waals surface area (Å²) in [6.07, 6.45) is 9.47. The van der Waals surface area contributed by atoms with Crippen LogP contribution in [0.15, 0.2) is 29.5 Å². The summed E-state index contributed by atoms with van der Waals surface area (Å²) in [6, 6.07) is 4.28. The molecule has 0 atom stereocenters. The molecule has 1 saturated carbocycles. The molecule has 1 aliphatic heterocycles. The first-order valence-electron chi connectivity index (χ1n) is 8.31. The zero-order valence-corrected chi connectivity index (χ0v) is 13.8. The Kier molecular flexibility index (Phi) is 4.50. The monoisotopic (exact) mass is 315 g/mol. The summed E-state index contributed by atoms with van der Waals surface area (Å²) >= 11 is 0. The number of aliphatic hydroxyl groups excluding tert-OH is 1. The van der Waals surface area contributed by atoms with Gasteiger partial charge in [-0.1, -0.05) is 0 Å². The molecule has 3 rings (SSSR count). The lowest BCUT2D eigenvalue weighted by Gasteiger charge is -2.35. The fourth-order valence-corrected chi connectivity index (χ4v) is 3.18. The highest BCUT2D eigenvalue weighted by molar-refractivity contribution is 5.76. The fraction of sp³-hybridized carbons (Fsp3) is 0.556. The van der Waals surface area contributed by atoms with Crippen molar-refractivity contribution in [3.05, 3.63) is 35.8 Å². The quantitative estimate of drug-likeness (QED) is 0.898. The molecule has 0 amide bonds. The minimum atomic E-state index is -0.933. The molecule has 0 spiro atoms. The standard InChI is InChI=1S/C18H25N3O2/c1-18(2,23)17-8-3-13(11-20-17)16-12-21(10-9-19-16)14-4-6-15(22)7-5-14/h3,8-9,11-12,14-15,22-23H,4-7,10H2,1-2H3/t14-,15+. The van der Waals surface area contributed by atoms with Gasteiger partial charge in [0.05, 0.1) is 24.0 Å². The van der Waals surface area contributed by atoms with E-state index in [0.29, 0.717) is 11.7 Å². The van der Waals surface area contributed by atoms with Crippen LogP contribution in [0.3, 0.4) is 0 Å². The molecule has 2 heterocycles. The van der Waals surface area contributed by atoms with Gasteiger partial charge in [-0.05, 0) is 51.7 Å². The molecular weight excluding hydrogens is 290 g/mol. The van der Waals surface area contributed by atoms with Crippen molar-refractivity contribution >= 4 is 11.9 Å². The summed E-state index contributed by atoms with van der Waals surface area (Å²) < 4.78 is 0. The number of aliphatic imine (C=N–C) groups is 1. The molecular formula is C18H25N3O2. The Morgan fingerprint density at radius 2 is 1.91 bits per heavy atom. The van der Waals surface area contributed by atoms with Crippen molar-refractivity contribution in [2.24, 2.45) is 4.99 Å². The van der Waals surface area contributed by atoms with E-state index in [-0.39, 0.29) is 6.10 Å². The topological polar surface area (TPSA) is 69.0 Å². The predicted molar refractivity (Wildman–Crippen MR) is 90.9 cm³/mol. The van der Waals surface area contributed by atoms with Gasteiger partial charge in [0, 0.05) is 30.2 Å². The van der Waals surface area contributed by atoms with Crippen LogP contribution in [0.25, 0.3) is 5.70 Å². The van der Waals surface area contributed by atoms with Crippen LogP contribution in [0.1, 0.15) is 50.8 Å². The van der Waals surface area contributed by atoms with Gasteiger partial charge in [-0.2, -0.15) is 0 Å². The first-order chi connectivity index (χ1) is 10.9. The molecule has 124 valence electrons. The molecule has 0 saturated heterocycles. The van der Waals surface area contributed by atoms with Crippen LogP contribution < -0.4 is 0 Å². The van der Waals surface area contributed by atoms with Gasteiger partial charge in [0.25, 0.3) is 0 Å². The fourth-order valence-electron chi connectivity index (χ4n) is 3.18. The lowest BCUT2D eigenvalue weighted by molar-refractivity contribution is 0.0738. The zero-order valence-electron chi connectivity index (χ0n) is 13.8. The van der Waals surface area contributed by atoms with Crippen LogP contribution in [0.2, 0.25) is 0 Å². The smallest absolute Gasteiger partial charge is 0.101 e. The maximum absolute atomic E-state index is 9.99. The number of rotatable bonds is 3. The third kappa shape index (κ3) is 3.79. The van der Waals surface area contributed by atoms with Gasteiger partial charge in [-0.3, -0.25) is 9.98 Å². The van der Waals surface area contributed by atoms with Gasteiger partial charge >= 0.3 is 0 Å². The maximum Gasteiger partial charge on any atom is 0.101 e. The molecule has 0 bridgehead atoms. The molecule has 0 unspecified atom stereocenters. The molecule has 0 aromatic carbocycles. The lowest BCUT2D eigenvalue weighted by atomic mass is 9.92. The Morgan fingerprint density at radius 1 is 1.17 bits per heavy atom. The Bertz CT molecular complexity index is 594. The van der Waals surface area contributed by atoms with E-state index in [1.807, 2.05) is 18.3 Å². The molecule has 0 radical (unpaired) electrons. The average Bonchev–Trinajstić information content (AvgIpc) is 2.55. The van der Waals surface area contributed by atoms with E-state index < -0.39 is 5.60 Å². The highest BCUT2D eigenvalue weighted by atomic mass is 16.3. The maximum atomic E-state index is 9.99. The van der Waals surface area contributed by atoms with Crippen LogP contribution in [0.5, 0.6) is 0 Å². The van der Waals surface area contributed by atoms with Crippen molar-refractivity contribution in [2.45, 2.75) is 57.3 Å². The summed E-state index contributed by atoms with van der Waals surface area (Å²) in [5.41, 5.74) is 1.57. The van der Waals surface area contributed by atoms with Crippen molar-refractivity contribution in [2.75, 3.05) is 6.54 Å². The Balaban J connectivity index is 1.75. The van der Waals surface area contributed by atoms with Crippen molar-refractivity contribution in [1.29, 1.82) is 0 Å². The van der Waals surface area contributed by atoms with E-state index in [1.165, 1.54) is 0 Å². The SMILES string of the molecule is CC(C)(O)c1ccc(C2=CN([C@H]3CC[C@@H](O)CC3)CC=N2)cn1. The van der Waals surface area contributed by atoms with E-state index in [4.69, 9.17) is 0 Å². The number of hydrogen-bond acceptors (Lipinski definition) is 5. The van der Waals surface area contributed by atoms with Crippen molar-refractivity contribution < 1.29 is 10.2 Å². The summed E-state index contributed by atoms with van der Waals surface area (Å²) in [5, 5.41) is 19.6. The van der Waals surface area contributed by atoms with Gasteiger partial charge in [-0.25, -0.2) is 0 Å². The largest absolute Gasteiger partial charge is 0.393 e. The Morgan fingerprint density at radius 3 is 2.52 bits per heavy atom. The van der Waals surface area contributed by atoms with Crippen LogP contribution in [0, 0.1) is 0 Å². The molecule has 1 aromatic heterocycles. The van der Waals surface area contributed by atoms with Crippen LogP contribution in [-0.2, 0) is 5.60 Å². The van der Waals surface area contributed by atoms with Gasteiger partial charge in [-0.15, -0.1) is 0 Å². The van der Waals surface area contributed by atoms with E-state index in [1.54, 1.807) is 20.0 Å². The van der Waals surface area contributed by atoms with E-state index in [2.05, 4.69) is 21.1 Å². The van der Waals surface area contributed by atoms with E-state index in [0.717, 1.165) is 43.5 Å². The van der Waals surface area contributed by atoms with Crippen LogP contribution in [0.4, 0.5) is 0 Å². The number of aliphatic hydroxyl groups is 2. The first-order valence-corrected chi connectivity index (χ1v) is 8.31. The Labute approximate surface area is 137 Å². The van der Waals surface area contributed by atoms with E-state index in [9.17, 15) is 10.2 Å². The third-order valence-corrected chi connectivity index (χ3v) is 4.63. The molecule has 23 heavy (non-hydrogen) atoms. The zero-order chi connectivity index (χ0) is 16.4. The molecule has 1 fully saturated rings. The normalized spacial score (nSPS) is 25.4. The summed E-state index contributed by atoms with van der Waals surface area (Å²) in [6.45, 7) is 4.28. The van der Waals surface area contributed by atoms with Crippen molar-refractivity contribution in [3.63, 3.8) is 0 Å². The average molecular weight is 315 g/mol. The summed E-state index contributed by atoms with van der Waals surface area (Å²) in [4.78, 5) is 11.2. The van der Waals surface area contributed by atoms with Crippen LogP contribution in [-0.4, -0.2) is 45.0 Å². The van der Waals surface area contributed by atoms with Gasteiger partial charge < -0.3 is 15.1 Å². The van der Waals surface area contributed by atoms with Gasteiger partial charge in [0.2, 0.25) is 0 Å². The molecule has 2 N–H and O–H groups in total. The third-order valence-electron chi connectivity index (χ3n) is 4.63. The van der Waals surface area contributed by atoms with E-state index >= 15 is 0 Å². The first kappa shape index (κ1) is 16.1. The minimum absolute atomic E-state index is 0.133. The second kappa shape index (κ2) is 6.42. The second-order valence-corrected chi connectivity index (χ2v) is 6.98. The van der Waals surface area contributed by atoms with Gasteiger partial charge in [0.1, 0.15) is 5.60 Å². The number of aromatic nitrogens is 1. The number of nitrogens with zero attached hydrogens (tertiary/aromatic N) is 3. The number of hydrogen-bond donors (Lipinski definition) is 2. The Hall–Kier alpha value is -1.72. The second-order valence-electron chi connectivity index (χ2n) is 6.98. The summed E-state index contributed by atoms with van der Waals surface area (Å²) in [5.74, 6) is 0.